The SMILES string of the molecule is NC1C(C(=O)NC(CCNC(=O)CCCCc2ccc3c(n2)NCCC3)C(=O)O)=Nc2ccccc21. The fourth-order valence-corrected chi connectivity index (χ4v) is 4.42. The van der Waals surface area contributed by atoms with Crippen LogP contribution in [0.3, 0.4) is 0 Å². The van der Waals surface area contributed by atoms with Crippen molar-refractivity contribution >= 4 is 35.0 Å². The van der Waals surface area contributed by atoms with E-state index in [2.05, 4.69) is 38.1 Å². The van der Waals surface area contributed by atoms with E-state index in [1.54, 1.807) is 24.3 Å². The van der Waals surface area contributed by atoms with Crippen molar-refractivity contribution in [3.8, 4) is 0 Å². The highest BCUT2D eigenvalue weighted by Gasteiger charge is 2.31. The summed E-state index contributed by atoms with van der Waals surface area (Å²) in [6.45, 7) is 1.08. The molecule has 2 aliphatic rings. The van der Waals surface area contributed by atoms with E-state index >= 15 is 0 Å². The molecular weight excluding hydrogens is 460 g/mol. The maximum atomic E-state index is 12.6. The van der Waals surface area contributed by atoms with Gasteiger partial charge in [-0.3, -0.25) is 9.59 Å². The van der Waals surface area contributed by atoms with Gasteiger partial charge in [0.1, 0.15) is 17.6 Å². The zero-order chi connectivity index (χ0) is 25.5. The third kappa shape index (κ3) is 6.25. The Hall–Kier alpha value is -3.79. The van der Waals surface area contributed by atoms with Crippen LogP contribution in [-0.2, 0) is 27.2 Å². The number of carbonyl (C=O) groups is 3. The van der Waals surface area contributed by atoms with Gasteiger partial charge in [-0.1, -0.05) is 24.3 Å². The molecule has 4 rings (SSSR count). The quantitative estimate of drug-likeness (QED) is 0.300. The molecule has 0 saturated heterocycles. The van der Waals surface area contributed by atoms with Crippen LogP contribution in [0.2, 0.25) is 0 Å². The summed E-state index contributed by atoms with van der Waals surface area (Å²) >= 11 is 0. The van der Waals surface area contributed by atoms with Crippen molar-refractivity contribution in [3.05, 3.63) is 53.2 Å². The number of nitrogens with two attached hydrogens (primary N) is 1. The highest BCUT2D eigenvalue weighted by atomic mass is 16.4. The number of carboxylic acid groups (broad SMARTS) is 1. The van der Waals surface area contributed by atoms with Gasteiger partial charge in [-0.15, -0.1) is 0 Å². The van der Waals surface area contributed by atoms with Gasteiger partial charge in [-0.25, -0.2) is 14.8 Å². The largest absolute Gasteiger partial charge is 0.480 e. The van der Waals surface area contributed by atoms with Gasteiger partial charge in [0.25, 0.3) is 5.91 Å². The number of anilines is 1. The van der Waals surface area contributed by atoms with E-state index in [4.69, 9.17) is 5.73 Å². The Bertz CT molecular complexity index is 1160. The molecule has 10 heteroatoms. The molecule has 2 amide bonds. The summed E-state index contributed by atoms with van der Waals surface area (Å²) in [5.41, 5.74) is 9.78. The molecule has 0 spiro atoms. The van der Waals surface area contributed by atoms with Crippen molar-refractivity contribution in [1.29, 1.82) is 0 Å². The number of amides is 2. The standard InChI is InChI=1S/C26H32N6O4/c27-22-18-8-2-3-9-19(18)31-23(22)25(34)32-20(26(35)36)13-15-28-21(33)10-4-1-7-17-12-11-16-6-5-14-29-24(16)30-17/h2-3,8-9,11-12,20,22H,1,4-7,10,13-15,27H2,(H,28,33)(H,29,30)(H,32,34)(H,35,36). The van der Waals surface area contributed by atoms with E-state index in [1.807, 2.05) is 0 Å². The number of hydrogen-bond acceptors (Lipinski definition) is 7. The molecule has 3 heterocycles. The summed E-state index contributed by atoms with van der Waals surface area (Å²) in [7, 11) is 0. The summed E-state index contributed by atoms with van der Waals surface area (Å²) in [6, 6.07) is 9.44. The normalized spacial score (nSPS) is 16.7. The number of unbranched alkanes of at least 4 members (excludes halogenated alkanes) is 1. The van der Waals surface area contributed by atoms with Crippen molar-refractivity contribution in [2.45, 2.75) is 57.0 Å². The lowest BCUT2D eigenvalue weighted by Crippen LogP contribution is -2.47. The van der Waals surface area contributed by atoms with E-state index in [0.717, 1.165) is 49.3 Å². The van der Waals surface area contributed by atoms with Crippen molar-refractivity contribution in [2.75, 3.05) is 18.4 Å². The van der Waals surface area contributed by atoms with Crippen LogP contribution in [-0.4, -0.2) is 52.7 Å². The number of rotatable bonds is 11. The van der Waals surface area contributed by atoms with Gasteiger partial charge >= 0.3 is 5.97 Å². The molecule has 36 heavy (non-hydrogen) atoms. The first kappa shape index (κ1) is 25.3. The monoisotopic (exact) mass is 492 g/mol. The van der Waals surface area contributed by atoms with Crippen LogP contribution in [0.25, 0.3) is 0 Å². The van der Waals surface area contributed by atoms with Gasteiger partial charge in [0.05, 0.1) is 11.7 Å². The molecule has 2 atom stereocenters. The second-order valence-electron chi connectivity index (χ2n) is 9.08. The topological polar surface area (TPSA) is 159 Å². The highest BCUT2D eigenvalue weighted by molar-refractivity contribution is 6.42. The lowest BCUT2D eigenvalue weighted by molar-refractivity contribution is -0.141. The van der Waals surface area contributed by atoms with Crippen LogP contribution in [0.5, 0.6) is 0 Å². The number of carboxylic acids is 1. The molecule has 1 aromatic carbocycles. The zero-order valence-corrected chi connectivity index (χ0v) is 20.1. The molecule has 1 aromatic heterocycles. The molecule has 2 unspecified atom stereocenters. The number of benzene rings is 1. The fraction of sp³-hybridized carbons (Fsp3) is 0.423. The molecule has 2 aromatic rings. The molecule has 0 saturated carbocycles. The average Bonchev–Trinajstić information content (AvgIpc) is 3.22. The first-order valence-corrected chi connectivity index (χ1v) is 12.4. The minimum absolute atomic E-state index is 0.0499. The molecule has 6 N–H and O–H groups in total. The molecule has 10 nitrogen and oxygen atoms in total. The first-order chi connectivity index (χ1) is 17.4. The predicted molar refractivity (Wildman–Crippen MR) is 136 cm³/mol. The van der Waals surface area contributed by atoms with Crippen LogP contribution in [0, 0.1) is 0 Å². The molecule has 190 valence electrons. The highest BCUT2D eigenvalue weighted by Crippen LogP contribution is 2.32. The van der Waals surface area contributed by atoms with Gasteiger partial charge < -0.3 is 26.8 Å². The lowest BCUT2D eigenvalue weighted by atomic mass is 10.0. The number of nitrogens with one attached hydrogen (secondary N) is 3. The van der Waals surface area contributed by atoms with Crippen molar-refractivity contribution in [1.82, 2.24) is 15.6 Å². The second-order valence-corrected chi connectivity index (χ2v) is 9.08. The Morgan fingerprint density at radius 2 is 2.00 bits per heavy atom. The molecular formula is C26H32N6O4. The Labute approximate surface area is 209 Å². The van der Waals surface area contributed by atoms with Gasteiger partial charge in [0.15, 0.2) is 0 Å². The van der Waals surface area contributed by atoms with Crippen LogP contribution < -0.4 is 21.7 Å². The van der Waals surface area contributed by atoms with Crippen LogP contribution in [0.15, 0.2) is 41.4 Å². The van der Waals surface area contributed by atoms with E-state index < -0.39 is 24.0 Å². The van der Waals surface area contributed by atoms with Crippen LogP contribution in [0.4, 0.5) is 11.5 Å². The van der Waals surface area contributed by atoms with E-state index in [0.29, 0.717) is 18.5 Å². The van der Waals surface area contributed by atoms with Crippen LogP contribution >= 0.6 is 0 Å². The summed E-state index contributed by atoms with van der Waals surface area (Å²) < 4.78 is 0. The fourth-order valence-electron chi connectivity index (χ4n) is 4.42. The van der Waals surface area contributed by atoms with E-state index in [9.17, 15) is 19.5 Å². The maximum Gasteiger partial charge on any atom is 0.326 e. The summed E-state index contributed by atoms with van der Waals surface area (Å²) in [5.74, 6) is -0.982. The summed E-state index contributed by atoms with van der Waals surface area (Å²) in [6.07, 6.45) is 4.91. The minimum atomic E-state index is -1.19. The molecule has 0 fully saturated rings. The molecule has 2 aliphatic heterocycles. The van der Waals surface area contributed by atoms with E-state index in [-0.39, 0.29) is 24.6 Å². The number of aromatic nitrogens is 1. The Morgan fingerprint density at radius 3 is 2.81 bits per heavy atom. The van der Waals surface area contributed by atoms with Gasteiger partial charge in [0.2, 0.25) is 5.91 Å². The number of fused-ring (bicyclic) bond motifs is 2. The number of hydrogen-bond donors (Lipinski definition) is 5. The Morgan fingerprint density at radius 1 is 1.17 bits per heavy atom. The van der Waals surface area contributed by atoms with Gasteiger partial charge in [-0.05, 0) is 56.2 Å². The predicted octanol–water partition coefficient (Wildman–Crippen LogP) is 2.01. The van der Waals surface area contributed by atoms with E-state index in [1.165, 1.54) is 5.56 Å². The summed E-state index contributed by atoms with van der Waals surface area (Å²) in [4.78, 5) is 45.4. The smallest absolute Gasteiger partial charge is 0.326 e. The third-order valence-corrected chi connectivity index (χ3v) is 6.44. The van der Waals surface area contributed by atoms with Crippen LogP contribution in [0.1, 0.15) is 55.0 Å². The van der Waals surface area contributed by atoms with Crippen molar-refractivity contribution in [2.24, 2.45) is 10.7 Å². The average molecular weight is 493 g/mol. The first-order valence-electron chi connectivity index (χ1n) is 12.4. The number of carbonyl (C=O) groups excluding carboxylic acids is 2. The number of pyridine rings is 1. The van der Waals surface area contributed by atoms with Crippen molar-refractivity contribution < 1.29 is 19.5 Å². The van der Waals surface area contributed by atoms with Gasteiger partial charge in [-0.2, -0.15) is 0 Å². The number of aryl methyl sites for hydroxylation is 2. The zero-order valence-electron chi connectivity index (χ0n) is 20.1. The van der Waals surface area contributed by atoms with Gasteiger partial charge in [0, 0.05) is 30.8 Å². The number of aliphatic imine (C=N–C) groups is 1. The Balaban J connectivity index is 1.16. The maximum absolute atomic E-state index is 12.6. The molecule has 0 bridgehead atoms. The molecule has 0 aliphatic carbocycles. The second kappa shape index (κ2) is 11.8. The molecule has 0 radical (unpaired) electrons. The number of nitrogens with zero attached hydrogens (tertiary/aromatic N) is 2. The summed E-state index contributed by atoms with van der Waals surface area (Å²) in [5, 5.41) is 18.1. The minimum Gasteiger partial charge on any atom is -0.480 e. The Kier molecular flexibility index (Phi) is 8.27. The number of aliphatic carboxylic acids is 1. The van der Waals surface area contributed by atoms with Crippen molar-refractivity contribution in [3.63, 3.8) is 0 Å². The third-order valence-electron chi connectivity index (χ3n) is 6.44. The lowest BCUT2D eigenvalue weighted by Gasteiger charge is -2.17. The number of para-hydroxylation sites is 1.